The van der Waals surface area contributed by atoms with Crippen molar-refractivity contribution in [1.82, 2.24) is 0 Å². The minimum atomic E-state index is -4.47. The van der Waals surface area contributed by atoms with Crippen LogP contribution in [0.3, 0.4) is 0 Å². The van der Waals surface area contributed by atoms with E-state index in [1.165, 1.54) is 19.1 Å². The van der Waals surface area contributed by atoms with E-state index in [0.29, 0.717) is 5.56 Å². The van der Waals surface area contributed by atoms with E-state index in [2.05, 4.69) is 11.3 Å². The molecule has 1 aromatic carbocycles. The highest BCUT2D eigenvalue weighted by Gasteiger charge is 2.30. The van der Waals surface area contributed by atoms with Crippen LogP contribution in [0, 0.1) is 0 Å². The molecule has 1 rings (SSSR count). The normalized spacial score (nSPS) is 12.2. The van der Waals surface area contributed by atoms with E-state index in [4.69, 9.17) is 9.84 Å². The van der Waals surface area contributed by atoms with Gasteiger partial charge in [0.15, 0.2) is 6.61 Å². The molecule has 0 saturated carbocycles. The summed E-state index contributed by atoms with van der Waals surface area (Å²) in [4.78, 5) is 33.4. The van der Waals surface area contributed by atoms with Gasteiger partial charge in [0.2, 0.25) is 0 Å². The lowest BCUT2D eigenvalue weighted by Crippen LogP contribution is -2.17. The largest absolute Gasteiger partial charge is 0.479 e. The van der Waals surface area contributed by atoms with Gasteiger partial charge in [-0.3, -0.25) is 4.79 Å². The van der Waals surface area contributed by atoms with E-state index in [9.17, 15) is 27.6 Å². The molecule has 0 unspecified atom stereocenters. The van der Waals surface area contributed by atoms with Gasteiger partial charge in [0.05, 0.1) is 12.0 Å². The van der Waals surface area contributed by atoms with Crippen LogP contribution >= 0.6 is 0 Å². The number of carboxylic acid groups (broad SMARTS) is 1. The van der Waals surface area contributed by atoms with Crippen LogP contribution in [0.4, 0.5) is 13.2 Å². The first-order valence-electron chi connectivity index (χ1n) is 6.94. The number of hydrogen-bond donors (Lipinski definition) is 1. The van der Waals surface area contributed by atoms with Crippen molar-refractivity contribution in [3.8, 4) is 0 Å². The average Bonchev–Trinajstić information content (AvgIpc) is 2.51. The zero-order chi connectivity index (χ0) is 19.2. The maximum Gasteiger partial charge on any atom is 0.416 e. The maximum absolute atomic E-state index is 12.5. The molecule has 9 heteroatoms. The van der Waals surface area contributed by atoms with Crippen molar-refractivity contribution in [3.63, 3.8) is 0 Å². The number of benzene rings is 1. The van der Waals surface area contributed by atoms with E-state index < -0.39 is 48.8 Å². The summed E-state index contributed by atoms with van der Waals surface area (Å²) in [6, 6.07) is 4.08. The highest BCUT2D eigenvalue weighted by atomic mass is 19.4. The monoisotopic (exact) mass is 360 g/mol. The summed E-state index contributed by atoms with van der Waals surface area (Å²) in [7, 11) is 0. The van der Waals surface area contributed by atoms with E-state index >= 15 is 0 Å². The summed E-state index contributed by atoms with van der Waals surface area (Å²) in [6.07, 6.45) is -5.85. The van der Waals surface area contributed by atoms with Gasteiger partial charge in [-0.25, -0.2) is 9.59 Å². The lowest BCUT2D eigenvalue weighted by atomic mass is 10.1. The summed E-state index contributed by atoms with van der Waals surface area (Å²) in [5.41, 5.74) is -0.796. The van der Waals surface area contributed by atoms with Gasteiger partial charge in [-0.05, 0) is 24.6 Å². The van der Waals surface area contributed by atoms with Crippen LogP contribution in [-0.4, -0.2) is 29.6 Å². The minimum Gasteiger partial charge on any atom is -0.479 e. The fourth-order valence-corrected chi connectivity index (χ4v) is 1.73. The van der Waals surface area contributed by atoms with Gasteiger partial charge in [0.25, 0.3) is 0 Å². The van der Waals surface area contributed by atoms with Crippen molar-refractivity contribution >= 4 is 17.9 Å². The average molecular weight is 360 g/mol. The fraction of sp³-hybridized carbons (Fsp3) is 0.312. The Hall–Kier alpha value is -2.84. The smallest absolute Gasteiger partial charge is 0.416 e. The van der Waals surface area contributed by atoms with Crippen LogP contribution in [0.15, 0.2) is 36.4 Å². The number of ether oxygens (including phenoxy) is 2. The molecule has 0 bridgehead atoms. The number of hydrogen-bond acceptors (Lipinski definition) is 5. The fourth-order valence-electron chi connectivity index (χ4n) is 1.73. The third-order valence-corrected chi connectivity index (χ3v) is 2.99. The summed E-state index contributed by atoms with van der Waals surface area (Å²) >= 11 is 0. The molecule has 0 aliphatic carbocycles. The zero-order valence-corrected chi connectivity index (χ0v) is 13.1. The first kappa shape index (κ1) is 20.2. The number of carbonyl (C=O) groups is 3. The first-order chi connectivity index (χ1) is 11.5. The van der Waals surface area contributed by atoms with Gasteiger partial charge >= 0.3 is 24.1 Å². The molecule has 25 heavy (non-hydrogen) atoms. The summed E-state index contributed by atoms with van der Waals surface area (Å²) in [5.74, 6) is -3.27. The molecule has 0 aromatic heterocycles. The van der Waals surface area contributed by atoms with Crippen LogP contribution in [0.5, 0.6) is 0 Å². The van der Waals surface area contributed by atoms with Crippen molar-refractivity contribution < 1.29 is 42.1 Å². The van der Waals surface area contributed by atoms with E-state index in [1.807, 2.05) is 0 Å². The molecule has 0 heterocycles. The third kappa shape index (κ3) is 6.66. The second kappa shape index (κ2) is 8.32. The number of halogens is 3. The van der Waals surface area contributed by atoms with E-state index in [1.54, 1.807) is 0 Å². The van der Waals surface area contributed by atoms with Crippen LogP contribution in [-0.2, 0) is 30.0 Å². The van der Waals surface area contributed by atoms with Gasteiger partial charge in [0, 0.05) is 5.57 Å². The topological polar surface area (TPSA) is 89.9 Å². The van der Waals surface area contributed by atoms with Crippen molar-refractivity contribution in [1.29, 1.82) is 0 Å². The van der Waals surface area contributed by atoms with Crippen LogP contribution < -0.4 is 0 Å². The Labute approximate surface area is 140 Å². The third-order valence-electron chi connectivity index (χ3n) is 2.99. The molecule has 0 amide bonds. The van der Waals surface area contributed by atoms with Gasteiger partial charge in [-0.15, -0.1) is 0 Å². The molecule has 0 aliphatic heterocycles. The molecule has 0 saturated heterocycles. The Morgan fingerprint density at radius 1 is 1.20 bits per heavy atom. The highest BCUT2D eigenvalue weighted by molar-refractivity contribution is 5.94. The van der Waals surface area contributed by atoms with Gasteiger partial charge < -0.3 is 14.6 Å². The Morgan fingerprint density at radius 3 is 2.24 bits per heavy atom. The lowest BCUT2D eigenvalue weighted by Gasteiger charge is -2.15. The van der Waals surface area contributed by atoms with Crippen LogP contribution in [0.1, 0.15) is 30.6 Å². The van der Waals surface area contributed by atoms with Gasteiger partial charge in [0.1, 0.15) is 6.10 Å². The summed E-state index contributed by atoms with van der Waals surface area (Å²) < 4.78 is 46.8. The van der Waals surface area contributed by atoms with Crippen LogP contribution in [0.25, 0.3) is 0 Å². The quantitative estimate of drug-likeness (QED) is 0.594. The molecule has 1 atom stereocenters. The van der Waals surface area contributed by atoms with Crippen molar-refractivity contribution in [3.05, 3.63) is 47.5 Å². The number of rotatable bonds is 7. The molecule has 0 fully saturated rings. The lowest BCUT2D eigenvalue weighted by molar-refractivity contribution is -0.154. The second-order valence-corrected chi connectivity index (χ2v) is 5.00. The summed E-state index contributed by atoms with van der Waals surface area (Å²) in [6.45, 7) is 3.88. The van der Waals surface area contributed by atoms with E-state index in [0.717, 1.165) is 12.1 Å². The molecule has 6 nitrogen and oxygen atoms in total. The van der Waals surface area contributed by atoms with Crippen molar-refractivity contribution in [2.45, 2.75) is 25.6 Å². The van der Waals surface area contributed by atoms with E-state index in [-0.39, 0.29) is 5.57 Å². The Balaban J connectivity index is 2.57. The molecule has 1 N–H and O–H groups in total. The van der Waals surface area contributed by atoms with Gasteiger partial charge in [-0.2, -0.15) is 13.2 Å². The molecule has 0 aliphatic rings. The SMILES string of the molecule is C=C(CC(=O)O[C@H](C)c1ccc(C(F)(F)F)cc1)C(=O)OCC(=O)O. The Morgan fingerprint density at radius 2 is 1.76 bits per heavy atom. The molecular weight excluding hydrogens is 345 g/mol. The summed E-state index contributed by atoms with van der Waals surface area (Å²) in [5, 5.41) is 8.37. The Kier molecular flexibility index (Phi) is 6.72. The zero-order valence-electron chi connectivity index (χ0n) is 13.1. The number of esters is 2. The second-order valence-electron chi connectivity index (χ2n) is 5.00. The molecule has 1 aromatic rings. The number of carboxylic acids is 1. The predicted molar refractivity (Wildman–Crippen MR) is 78.3 cm³/mol. The van der Waals surface area contributed by atoms with Gasteiger partial charge in [-0.1, -0.05) is 18.7 Å². The molecule has 136 valence electrons. The number of alkyl halides is 3. The van der Waals surface area contributed by atoms with Crippen molar-refractivity contribution in [2.24, 2.45) is 0 Å². The standard InChI is InChI=1S/C16H15F3O6/c1-9(15(23)24-8-13(20)21)7-14(22)25-10(2)11-3-5-12(6-4-11)16(17,18)19/h3-6,10H,1,7-8H2,2H3,(H,20,21)/t10-/m1/s1. The number of aliphatic carboxylic acids is 1. The molecule has 0 spiro atoms. The maximum atomic E-state index is 12.5. The first-order valence-corrected chi connectivity index (χ1v) is 6.94. The van der Waals surface area contributed by atoms with Crippen molar-refractivity contribution in [2.75, 3.05) is 6.61 Å². The Bertz CT molecular complexity index is 663. The highest BCUT2D eigenvalue weighted by Crippen LogP contribution is 2.30. The molecular formula is C16H15F3O6. The predicted octanol–water partition coefficient (Wildman–Crippen LogP) is 2.88. The van der Waals surface area contributed by atoms with Crippen LogP contribution in [0.2, 0.25) is 0 Å². The molecule has 0 radical (unpaired) electrons. The minimum absolute atomic E-state index is 0.300. The number of carbonyl (C=O) groups excluding carboxylic acids is 2.